The van der Waals surface area contributed by atoms with Crippen molar-refractivity contribution in [2.24, 2.45) is 5.92 Å². The van der Waals surface area contributed by atoms with E-state index in [1.54, 1.807) is 5.56 Å². The fraction of sp³-hybridized carbons (Fsp3) is 0.714. The predicted molar refractivity (Wildman–Crippen MR) is 104 cm³/mol. The molecule has 0 radical (unpaired) electrons. The Morgan fingerprint density at radius 2 is 1.62 bits per heavy atom. The summed E-state index contributed by atoms with van der Waals surface area (Å²) in [6.07, 6.45) is 7.10. The maximum Gasteiger partial charge on any atom is 0.0377 e. The first kappa shape index (κ1) is 17.8. The normalized spacial score (nSPS) is 21.6. The average Bonchev–Trinajstić information content (AvgIpc) is 2.66. The number of piperazine rings is 1. The smallest absolute Gasteiger partial charge is 0.0377 e. The highest BCUT2D eigenvalue weighted by Gasteiger charge is 2.30. The monoisotopic (exact) mass is 329 g/mol. The summed E-state index contributed by atoms with van der Waals surface area (Å²) in [5, 5.41) is 3.51. The van der Waals surface area contributed by atoms with Crippen molar-refractivity contribution in [2.45, 2.75) is 52.0 Å². The van der Waals surface area contributed by atoms with Gasteiger partial charge in [0.05, 0.1) is 0 Å². The first-order valence-corrected chi connectivity index (χ1v) is 10.1. The molecule has 1 N–H and O–H groups in total. The molecule has 0 bridgehead atoms. The first-order valence-electron chi connectivity index (χ1n) is 10.1. The molecule has 1 heterocycles. The topological polar surface area (TPSA) is 18.5 Å². The number of rotatable bonds is 6. The van der Waals surface area contributed by atoms with E-state index in [1.165, 1.54) is 50.9 Å². The zero-order valence-electron chi connectivity index (χ0n) is 15.6. The molecule has 1 atom stereocenters. The van der Waals surface area contributed by atoms with Gasteiger partial charge in [0.1, 0.15) is 0 Å². The van der Waals surface area contributed by atoms with Crippen molar-refractivity contribution in [1.29, 1.82) is 0 Å². The summed E-state index contributed by atoms with van der Waals surface area (Å²) in [5.74, 6) is 0.844. The number of nitrogens with one attached hydrogen (secondary N) is 1. The Morgan fingerprint density at radius 1 is 1.00 bits per heavy atom. The van der Waals surface area contributed by atoms with Gasteiger partial charge >= 0.3 is 0 Å². The van der Waals surface area contributed by atoms with E-state index in [2.05, 4.69) is 53.2 Å². The van der Waals surface area contributed by atoms with Gasteiger partial charge in [0.25, 0.3) is 0 Å². The predicted octanol–water partition coefficient (Wildman–Crippen LogP) is 4.06. The van der Waals surface area contributed by atoms with Gasteiger partial charge in [-0.2, -0.15) is 0 Å². The van der Waals surface area contributed by atoms with Gasteiger partial charge in [0.2, 0.25) is 0 Å². The van der Waals surface area contributed by atoms with Crippen LogP contribution in [0.25, 0.3) is 0 Å². The van der Waals surface area contributed by atoms with Crippen LogP contribution in [0.2, 0.25) is 0 Å². The van der Waals surface area contributed by atoms with Crippen LogP contribution in [0, 0.1) is 5.92 Å². The molecule has 3 heteroatoms. The second-order valence-electron chi connectivity index (χ2n) is 7.39. The van der Waals surface area contributed by atoms with Gasteiger partial charge in [0, 0.05) is 51.0 Å². The molecule has 1 aromatic carbocycles. The van der Waals surface area contributed by atoms with Crippen molar-refractivity contribution >= 4 is 5.69 Å². The summed E-state index contributed by atoms with van der Waals surface area (Å²) >= 11 is 0. The van der Waals surface area contributed by atoms with Gasteiger partial charge in [-0.15, -0.1) is 0 Å². The van der Waals surface area contributed by atoms with Gasteiger partial charge in [-0.05, 0) is 50.3 Å². The lowest BCUT2D eigenvalue weighted by Gasteiger charge is -2.41. The van der Waals surface area contributed by atoms with Crippen molar-refractivity contribution in [3.63, 3.8) is 0 Å². The molecular weight excluding hydrogens is 294 g/mol. The molecule has 1 aliphatic heterocycles. The average molecular weight is 330 g/mol. The molecule has 1 saturated heterocycles. The van der Waals surface area contributed by atoms with E-state index in [0.29, 0.717) is 6.04 Å². The fourth-order valence-electron chi connectivity index (χ4n) is 4.66. The van der Waals surface area contributed by atoms with Crippen molar-refractivity contribution in [3.8, 4) is 0 Å². The third-order valence-corrected chi connectivity index (χ3v) is 6.00. The van der Waals surface area contributed by atoms with E-state index in [1.807, 2.05) is 0 Å². The molecule has 134 valence electrons. The van der Waals surface area contributed by atoms with Crippen molar-refractivity contribution in [1.82, 2.24) is 10.2 Å². The Hall–Kier alpha value is -1.06. The van der Waals surface area contributed by atoms with E-state index in [9.17, 15) is 0 Å². The van der Waals surface area contributed by atoms with Crippen LogP contribution in [-0.2, 0) is 0 Å². The van der Waals surface area contributed by atoms with Gasteiger partial charge < -0.3 is 10.2 Å². The van der Waals surface area contributed by atoms with Crippen LogP contribution >= 0.6 is 0 Å². The second kappa shape index (κ2) is 8.87. The Balaban J connectivity index is 1.81. The lowest BCUT2D eigenvalue weighted by atomic mass is 9.80. The van der Waals surface area contributed by atoms with E-state index in [0.717, 1.165) is 32.1 Å². The van der Waals surface area contributed by atoms with Crippen LogP contribution in [0.4, 0.5) is 5.69 Å². The Kier molecular flexibility index (Phi) is 6.56. The lowest BCUT2D eigenvalue weighted by molar-refractivity contribution is 0.103. The summed E-state index contributed by atoms with van der Waals surface area (Å²) in [7, 11) is 0. The van der Waals surface area contributed by atoms with E-state index < -0.39 is 0 Å². The van der Waals surface area contributed by atoms with Crippen LogP contribution in [0.5, 0.6) is 0 Å². The Bertz CT molecular complexity index is 450. The van der Waals surface area contributed by atoms with Gasteiger partial charge in [-0.3, -0.25) is 4.90 Å². The van der Waals surface area contributed by atoms with Crippen molar-refractivity contribution in [2.75, 3.05) is 44.2 Å². The number of anilines is 1. The maximum atomic E-state index is 3.51. The minimum atomic E-state index is 0.623. The third kappa shape index (κ3) is 4.12. The van der Waals surface area contributed by atoms with Crippen LogP contribution in [0.1, 0.15) is 57.6 Å². The molecule has 0 unspecified atom stereocenters. The summed E-state index contributed by atoms with van der Waals surface area (Å²) in [6.45, 7) is 11.3. The first-order chi connectivity index (χ1) is 11.8. The third-order valence-electron chi connectivity index (χ3n) is 6.00. The molecule has 2 fully saturated rings. The lowest BCUT2D eigenvalue weighted by Crippen LogP contribution is -2.47. The van der Waals surface area contributed by atoms with Crippen LogP contribution in [-0.4, -0.2) is 44.2 Å². The second-order valence-corrected chi connectivity index (χ2v) is 7.39. The Morgan fingerprint density at radius 3 is 2.21 bits per heavy atom. The van der Waals surface area contributed by atoms with Crippen LogP contribution < -0.4 is 10.2 Å². The molecular formula is C21H35N3. The largest absolute Gasteiger partial charge is 0.372 e. The van der Waals surface area contributed by atoms with Crippen LogP contribution in [0.3, 0.4) is 0 Å². The summed E-state index contributed by atoms with van der Waals surface area (Å²) in [6, 6.07) is 10.1. The minimum Gasteiger partial charge on any atom is -0.372 e. The number of hydrogen-bond acceptors (Lipinski definition) is 3. The molecule has 0 aromatic heterocycles. The van der Waals surface area contributed by atoms with Gasteiger partial charge in [-0.25, -0.2) is 0 Å². The maximum absolute atomic E-state index is 3.51. The number of hydrogen-bond donors (Lipinski definition) is 1. The molecule has 24 heavy (non-hydrogen) atoms. The number of benzene rings is 1. The van der Waals surface area contributed by atoms with Gasteiger partial charge in [-0.1, -0.05) is 31.4 Å². The fourth-order valence-corrected chi connectivity index (χ4v) is 4.66. The molecule has 2 aliphatic rings. The van der Waals surface area contributed by atoms with Crippen molar-refractivity contribution in [3.05, 3.63) is 29.8 Å². The molecule has 3 rings (SSSR count). The zero-order valence-corrected chi connectivity index (χ0v) is 15.6. The number of nitrogens with zero attached hydrogens (tertiary/aromatic N) is 2. The molecule has 1 aliphatic carbocycles. The van der Waals surface area contributed by atoms with Gasteiger partial charge in [0.15, 0.2) is 0 Å². The highest BCUT2D eigenvalue weighted by atomic mass is 15.2. The molecule has 0 amide bonds. The molecule has 1 aromatic rings. The standard InChI is InChI=1S/C21H35N3/c1-3-23(4-2)20-12-10-19(11-13-20)21(18-8-6-5-7-9-18)24-16-14-22-15-17-24/h10-13,18,21-22H,3-9,14-17H2,1-2H3/t21-/m0/s1. The Labute approximate surface area is 148 Å². The van der Waals surface area contributed by atoms with E-state index >= 15 is 0 Å². The van der Waals surface area contributed by atoms with Crippen LogP contribution in [0.15, 0.2) is 24.3 Å². The summed E-state index contributed by atoms with van der Waals surface area (Å²) in [4.78, 5) is 5.18. The quantitative estimate of drug-likeness (QED) is 0.849. The SMILES string of the molecule is CCN(CC)c1ccc([C@H](C2CCCCC2)N2CCNCC2)cc1. The zero-order chi connectivity index (χ0) is 16.8. The van der Waals surface area contributed by atoms with E-state index in [-0.39, 0.29) is 0 Å². The highest BCUT2D eigenvalue weighted by molar-refractivity contribution is 5.48. The molecule has 3 nitrogen and oxygen atoms in total. The molecule has 0 spiro atoms. The minimum absolute atomic E-state index is 0.623. The molecule has 1 saturated carbocycles. The van der Waals surface area contributed by atoms with Crippen molar-refractivity contribution < 1.29 is 0 Å². The van der Waals surface area contributed by atoms with E-state index in [4.69, 9.17) is 0 Å². The summed E-state index contributed by atoms with van der Waals surface area (Å²) in [5.41, 5.74) is 2.91. The highest BCUT2D eigenvalue weighted by Crippen LogP contribution is 2.39. The summed E-state index contributed by atoms with van der Waals surface area (Å²) < 4.78 is 0.